The lowest BCUT2D eigenvalue weighted by Gasteiger charge is -2.17. The first-order valence-electron chi connectivity index (χ1n) is 4.21. The maximum atomic E-state index is 12.4. The molecule has 0 aromatic heterocycles. The van der Waals surface area contributed by atoms with Crippen molar-refractivity contribution < 1.29 is 13.2 Å². The number of alkyl halides is 4. The molecule has 1 rings (SSSR count). The largest absolute Gasteiger partial charge is 0.408 e. The van der Waals surface area contributed by atoms with E-state index in [1.165, 1.54) is 6.07 Å². The van der Waals surface area contributed by atoms with Gasteiger partial charge < -0.3 is 0 Å². The highest BCUT2D eigenvalue weighted by molar-refractivity contribution is 9.10. The molecule has 5 heteroatoms. The van der Waals surface area contributed by atoms with Crippen LogP contribution in [-0.4, -0.2) is 6.18 Å². The summed E-state index contributed by atoms with van der Waals surface area (Å²) in [5, 5.41) is -1.94. The van der Waals surface area contributed by atoms with Crippen LogP contribution in [0.25, 0.3) is 0 Å². The summed E-state index contributed by atoms with van der Waals surface area (Å²) in [4.78, 5) is 0. The average Bonchev–Trinajstić information content (AvgIpc) is 2.08. The maximum Gasteiger partial charge on any atom is 0.408 e. The van der Waals surface area contributed by atoms with Gasteiger partial charge in [0.2, 0.25) is 0 Å². The van der Waals surface area contributed by atoms with Crippen molar-refractivity contribution in [2.45, 2.75) is 25.4 Å². The Morgan fingerprint density at radius 1 is 1.20 bits per heavy atom. The van der Waals surface area contributed by atoms with Gasteiger partial charge in [-0.2, -0.15) is 13.2 Å². The molecule has 0 spiro atoms. The minimum Gasteiger partial charge on any atom is -0.169 e. The number of hydrogen-bond donors (Lipinski definition) is 0. The van der Waals surface area contributed by atoms with Crippen LogP contribution >= 0.6 is 27.5 Å². The predicted octanol–water partition coefficient (Wildman–Crippen LogP) is 4.91. The van der Waals surface area contributed by atoms with Crippen molar-refractivity contribution in [3.05, 3.63) is 33.3 Å². The molecule has 1 aromatic rings. The summed E-state index contributed by atoms with van der Waals surface area (Å²) in [6.07, 6.45) is -4.41. The van der Waals surface area contributed by atoms with Crippen LogP contribution in [-0.2, 0) is 0 Å². The molecular weight excluding hydrogens is 292 g/mol. The summed E-state index contributed by atoms with van der Waals surface area (Å²) in [5.41, 5.74) is 1.39. The summed E-state index contributed by atoms with van der Waals surface area (Å²) in [6, 6.07) is 3.11. The van der Waals surface area contributed by atoms with E-state index in [4.69, 9.17) is 11.6 Å². The van der Waals surface area contributed by atoms with Crippen molar-refractivity contribution >= 4 is 27.5 Å². The zero-order valence-electron chi connectivity index (χ0n) is 8.12. The molecule has 0 aliphatic carbocycles. The van der Waals surface area contributed by atoms with E-state index in [0.29, 0.717) is 5.56 Å². The Bertz CT molecular complexity index is 374. The van der Waals surface area contributed by atoms with E-state index >= 15 is 0 Å². The van der Waals surface area contributed by atoms with Gasteiger partial charge in [-0.05, 0) is 36.6 Å². The Hall–Kier alpha value is -0.220. The summed E-state index contributed by atoms with van der Waals surface area (Å²) in [6.45, 7) is 3.34. The molecule has 0 aliphatic heterocycles. The first-order chi connectivity index (χ1) is 6.73. The lowest BCUT2D eigenvalue weighted by molar-refractivity contribution is -0.131. The van der Waals surface area contributed by atoms with Gasteiger partial charge in [-0.15, -0.1) is 11.6 Å². The van der Waals surface area contributed by atoms with Crippen LogP contribution in [0, 0.1) is 13.8 Å². The third-order valence-corrected chi connectivity index (χ3v) is 3.44. The molecule has 0 radical (unpaired) electrons. The van der Waals surface area contributed by atoms with E-state index in [1.54, 1.807) is 19.9 Å². The Morgan fingerprint density at radius 3 is 2.20 bits per heavy atom. The molecule has 0 nitrogen and oxygen atoms in total. The van der Waals surface area contributed by atoms with Gasteiger partial charge in [0.25, 0.3) is 0 Å². The normalized spacial score (nSPS) is 14.1. The number of hydrogen-bond acceptors (Lipinski definition) is 0. The zero-order valence-corrected chi connectivity index (χ0v) is 10.5. The highest BCUT2D eigenvalue weighted by Gasteiger charge is 2.40. The number of aryl methyl sites for hydroxylation is 2. The van der Waals surface area contributed by atoms with Crippen LogP contribution < -0.4 is 0 Å². The fraction of sp³-hybridized carbons (Fsp3) is 0.400. The van der Waals surface area contributed by atoms with Gasteiger partial charge in [0, 0.05) is 4.47 Å². The van der Waals surface area contributed by atoms with Gasteiger partial charge in [-0.3, -0.25) is 0 Å². The molecule has 0 amide bonds. The Kier molecular flexibility index (Phi) is 3.71. The van der Waals surface area contributed by atoms with Gasteiger partial charge in [-0.1, -0.05) is 22.0 Å². The lowest BCUT2D eigenvalue weighted by atomic mass is 10.0. The Balaban J connectivity index is 3.21. The van der Waals surface area contributed by atoms with E-state index in [2.05, 4.69) is 15.9 Å². The molecule has 1 aromatic carbocycles. The van der Waals surface area contributed by atoms with Crippen molar-refractivity contribution in [3.8, 4) is 0 Å². The van der Waals surface area contributed by atoms with E-state index in [9.17, 15) is 13.2 Å². The zero-order chi connectivity index (χ0) is 11.8. The molecule has 15 heavy (non-hydrogen) atoms. The maximum absolute atomic E-state index is 12.4. The molecule has 0 saturated heterocycles. The summed E-state index contributed by atoms with van der Waals surface area (Å²) < 4.78 is 38.0. The minimum absolute atomic E-state index is 0.116. The molecule has 84 valence electrons. The highest BCUT2D eigenvalue weighted by Crippen LogP contribution is 2.40. The molecule has 0 heterocycles. The topological polar surface area (TPSA) is 0 Å². The van der Waals surface area contributed by atoms with Crippen molar-refractivity contribution in [1.82, 2.24) is 0 Å². The first-order valence-corrected chi connectivity index (χ1v) is 5.44. The van der Waals surface area contributed by atoms with E-state index in [-0.39, 0.29) is 5.56 Å². The molecule has 1 atom stereocenters. The third-order valence-electron chi connectivity index (χ3n) is 2.11. The molecule has 0 aliphatic rings. The van der Waals surface area contributed by atoms with Crippen molar-refractivity contribution in [2.75, 3.05) is 0 Å². The average molecular weight is 302 g/mol. The smallest absolute Gasteiger partial charge is 0.169 e. The molecule has 0 saturated carbocycles. The first kappa shape index (κ1) is 12.8. The van der Waals surface area contributed by atoms with Gasteiger partial charge in [-0.25, -0.2) is 0 Å². The highest BCUT2D eigenvalue weighted by atomic mass is 79.9. The fourth-order valence-corrected chi connectivity index (χ4v) is 1.95. The summed E-state index contributed by atoms with van der Waals surface area (Å²) in [5.74, 6) is 0. The van der Waals surface area contributed by atoms with Crippen LogP contribution in [0.5, 0.6) is 0 Å². The second-order valence-electron chi connectivity index (χ2n) is 3.36. The number of halogens is 5. The van der Waals surface area contributed by atoms with Crippen molar-refractivity contribution in [1.29, 1.82) is 0 Å². The number of benzene rings is 1. The molecule has 0 fully saturated rings. The Morgan fingerprint density at radius 2 is 1.73 bits per heavy atom. The monoisotopic (exact) mass is 300 g/mol. The lowest BCUT2D eigenvalue weighted by Crippen LogP contribution is -2.16. The van der Waals surface area contributed by atoms with Crippen LogP contribution in [0.1, 0.15) is 22.1 Å². The molecular formula is C10H9BrClF3. The van der Waals surface area contributed by atoms with Gasteiger partial charge in [0.1, 0.15) is 0 Å². The van der Waals surface area contributed by atoms with Crippen LogP contribution in [0.3, 0.4) is 0 Å². The van der Waals surface area contributed by atoms with Crippen molar-refractivity contribution in [2.24, 2.45) is 0 Å². The van der Waals surface area contributed by atoms with E-state index < -0.39 is 11.6 Å². The second-order valence-corrected chi connectivity index (χ2v) is 4.65. The fourth-order valence-electron chi connectivity index (χ4n) is 1.25. The molecule has 1 unspecified atom stereocenters. The third kappa shape index (κ3) is 2.88. The molecule has 0 N–H and O–H groups in total. The molecule has 0 bridgehead atoms. The van der Waals surface area contributed by atoms with Crippen LogP contribution in [0.4, 0.5) is 13.2 Å². The Labute approximate surface area is 99.6 Å². The van der Waals surface area contributed by atoms with Gasteiger partial charge in [0.05, 0.1) is 0 Å². The minimum atomic E-state index is -4.41. The number of rotatable bonds is 1. The van der Waals surface area contributed by atoms with Gasteiger partial charge >= 0.3 is 6.18 Å². The van der Waals surface area contributed by atoms with Crippen LogP contribution in [0.2, 0.25) is 0 Å². The quantitative estimate of drug-likeness (QED) is 0.647. The van der Waals surface area contributed by atoms with Crippen molar-refractivity contribution in [3.63, 3.8) is 0 Å². The summed E-state index contributed by atoms with van der Waals surface area (Å²) >= 11 is 8.63. The SMILES string of the molecule is Cc1cc(C(Cl)C(F)(F)F)c(C)cc1Br. The van der Waals surface area contributed by atoms with Crippen LogP contribution in [0.15, 0.2) is 16.6 Å². The second kappa shape index (κ2) is 4.34. The van der Waals surface area contributed by atoms with Gasteiger partial charge in [0.15, 0.2) is 5.38 Å². The summed E-state index contributed by atoms with van der Waals surface area (Å²) in [7, 11) is 0. The predicted molar refractivity (Wildman–Crippen MR) is 58.3 cm³/mol. The standard InChI is InChI=1S/C10H9BrClF3/c1-5-4-8(11)6(2)3-7(5)9(12)10(13,14)15/h3-4,9H,1-2H3. The van der Waals surface area contributed by atoms with E-state index in [0.717, 1.165) is 10.0 Å². The van der Waals surface area contributed by atoms with E-state index in [1.807, 2.05) is 0 Å².